The number of sulfone groups is 1. The summed E-state index contributed by atoms with van der Waals surface area (Å²) in [5.41, 5.74) is 7.11. The van der Waals surface area contributed by atoms with Gasteiger partial charge < -0.3 is 10.6 Å². The number of benzene rings is 1. The van der Waals surface area contributed by atoms with Gasteiger partial charge in [-0.1, -0.05) is 13.0 Å². The van der Waals surface area contributed by atoms with Crippen LogP contribution < -0.4 is 10.6 Å². The van der Waals surface area contributed by atoms with E-state index < -0.39 is 9.84 Å². The SMILES string of the molecule is CCC(N)Cc1ccc(N(C)CCS(C)(=O)=O)c(F)c1. The summed E-state index contributed by atoms with van der Waals surface area (Å²) in [4.78, 5) is 1.61. The van der Waals surface area contributed by atoms with Crippen molar-refractivity contribution >= 4 is 15.5 Å². The molecule has 0 radical (unpaired) electrons. The number of halogens is 1. The molecule has 0 amide bonds. The first-order valence-corrected chi connectivity index (χ1v) is 8.72. The van der Waals surface area contributed by atoms with E-state index in [1.54, 1.807) is 18.0 Å². The van der Waals surface area contributed by atoms with Crippen LogP contribution in [-0.4, -0.2) is 40.1 Å². The zero-order valence-electron chi connectivity index (χ0n) is 12.3. The molecule has 0 spiro atoms. The van der Waals surface area contributed by atoms with Crippen LogP contribution in [0.2, 0.25) is 0 Å². The maximum Gasteiger partial charge on any atom is 0.149 e. The van der Waals surface area contributed by atoms with E-state index in [1.807, 2.05) is 13.0 Å². The van der Waals surface area contributed by atoms with Crippen molar-refractivity contribution in [3.63, 3.8) is 0 Å². The third-order valence-corrected chi connectivity index (χ3v) is 4.17. The summed E-state index contributed by atoms with van der Waals surface area (Å²) in [7, 11) is -1.37. The van der Waals surface area contributed by atoms with Gasteiger partial charge in [0.1, 0.15) is 15.7 Å². The molecule has 0 saturated heterocycles. The Bertz CT molecular complexity index is 546. The van der Waals surface area contributed by atoms with Crippen molar-refractivity contribution < 1.29 is 12.8 Å². The zero-order valence-corrected chi connectivity index (χ0v) is 13.1. The lowest BCUT2D eigenvalue weighted by Gasteiger charge is -2.20. The van der Waals surface area contributed by atoms with E-state index >= 15 is 0 Å². The van der Waals surface area contributed by atoms with Crippen molar-refractivity contribution in [1.82, 2.24) is 0 Å². The molecular formula is C14H23FN2O2S. The van der Waals surface area contributed by atoms with Gasteiger partial charge in [-0.15, -0.1) is 0 Å². The predicted octanol–water partition coefficient (Wildman–Crippen LogP) is 1.59. The number of hydrogen-bond donors (Lipinski definition) is 1. The second-order valence-electron chi connectivity index (χ2n) is 5.21. The topological polar surface area (TPSA) is 63.4 Å². The van der Waals surface area contributed by atoms with Crippen LogP contribution in [0.1, 0.15) is 18.9 Å². The highest BCUT2D eigenvalue weighted by atomic mass is 32.2. The molecule has 20 heavy (non-hydrogen) atoms. The lowest BCUT2D eigenvalue weighted by molar-refractivity contribution is 0.598. The van der Waals surface area contributed by atoms with Crippen molar-refractivity contribution in [3.8, 4) is 0 Å². The van der Waals surface area contributed by atoms with Crippen LogP contribution in [0.3, 0.4) is 0 Å². The first-order chi connectivity index (χ1) is 9.23. The van der Waals surface area contributed by atoms with Crippen LogP contribution >= 0.6 is 0 Å². The highest BCUT2D eigenvalue weighted by molar-refractivity contribution is 7.90. The Morgan fingerprint density at radius 3 is 2.55 bits per heavy atom. The molecule has 6 heteroatoms. The molecule has 1 aromatic carbocycles. The summed E-state index contributed by atoms with van der Waals surface area (Å²) in [6.07, 6.45) is 2.66. The average molecular weight is 302 g/mol. The Kier molecular flexibility index (Phi) is 5.95. The average Bonchev–Trinajstić information content (AvgIpc) is 2.35. The second kappa shape index (κ2) is 7.04. The summed E-state index contributed by atoms with van der Waals surface area (Å²) in [6.45, 7) is 2.26. The second-order valence-corrected chi connectivity index (χ2v) is 7.47. The number of nitrogens with two attached hydrogens (primary N) is 1. The standard InChI is InChI=1S/C14H23FN2O2S/c1-4-12(16)9-11-5-6-14(13(15)10-11)17(2)7-8-20(3,18)19/h5-6,10,12H,4,7-9,16H2,1-3H3. The van der Waals surface area contributed by atoms with Gasteiger partial charge in [-0.05, 0) is 30.5 Å². The highest BCUT2D eigenvalue weighted by Crippen LogP contribution is 2.20. The molecular weight excluding hydrogens is 279 g/mol. The fourth-order valence-corrected chi connectivity index (χ4v) is 2.46. The normalized spacial score (nSPS) is 13.2. The number of hydrogen-bond acceptors (Lipinski definition) is 4. The summed E-state index contributed by atoms with van der Waals surface area (Å²) >= 11 is 0. The molecule has 0 aliphatic carbocycles. The van der Waals surface area contributed by atoms with Gasteiger partial charge >= 0.3 is 0 Å². The summed E-state index contributed by atoms with van der Waals surface area (Å²) in [6, 6.07) is 5.02. The van der Waals surface area contributed by atoms with Crippen LogP contribution in [0.25, 0.3) is 0 Å². The van der Waals surface area contributed by atoms with E-state index in [0.29, 0.717) is 12.1 Å². The van der Waals surface area contributed by atoms with Gasteiger partial charge in [0.2, 0.25) is 0 Å². The third kappa shape index (κ3) is 5.46. The minimum Gasteiger partial charge on any atom is -0.371 e. The molecule has 1 unspecified atom stereocenters. The van der Waals surface area contributed by atoms with E-state index in [9.17, 15) is 12.8 Å². The van der Waals surface area contributed by atoms with Crippen LogP contribution in [-0.2, 0) is 16.3 Å². The molecule has 2 N–H and O–H groups in total. The van der Waals surface area contributed by atoms with Crippen molar-refractivity contribution in [2.45, 2.75) is 25.8 Å². The molecule has 0 bridgehead atoms. The van der Waals surface area contributed by atoms with Crippen molar-refractivity contribution in [3.05, 3.63) is 29.6 Å². The highest BCUT2D eigenvalue weighted by Gasteiger charge is 2.12. The fourth-order valence-electron chi connectivity index (χ4n) is 1.86. The lowest BCUT2D eigenvalue weighted by atomic mass is 10.0. The van der Waals surface area contributed by atoms with E-state index in [1.165, 1.54) is 12.3 Å². The van der Waals surface area contributed by atoms with Crippen LogP contribution in [0, 0.1) is 5.82 Å². The quantitative estimate of drug-likeness (QED) is 0.831. The Balaban J connectivity index is 2.77. The Morgan fingerprint density at radius 1 is 1.40 bits per heavy atom. The van der Waals surface area contributed by atoms with Gasteiger partial charge in [-0.3, -0.25) is 0 Å². The first-order valence-electron chi connectivity index (χ1n) is 6.65. The molecule has 4 nitrogen and oxygen atoms in total. The first kappa shape index (κ1) is 16.9. The van der Waals surface area contributed by atoms with Gasteiger partial charge in [0.25, 0.3) is 0 Å². The summed E-state index contributed by atoms with van der Waals surface area (Å²) in [5.74, 6) is -0.340. The van der Waals surface area contributed by atoms with Crippen molar-refractivity contribution in [2.24, 2.45) is 5.73 Å². The largest absolute Gasteiger partial charge is 0.371 e. The number of anilines is 1. The van der Waals surface area contributed by atoms with E-state index in [4.69, 9.17) is 5.73 Å². The van der Waals surface area contributed by atoms with Gasteiger partial charge in [-0.2, -0.15) is 0 Å². The molecule has 114 valence electrons. The minimum atomic E-state index is -3.05. The van der Waals surface area contributed by atoms with Crippen molar-refractivity contribution in [1.29, 1.82) is 0 Å². The predicted molar refractivity (Wildman–Crippen MR) is 81.4 cm³/mol. The monoisotopic (exact) mass is 302 g/mol. The van der Waals surface area contributed by atoms with Gasteiger partial charge in [0, 0.05) is 25.9 Å². The number of nitrogens with zero attached hydrogens (tertiary/aromatic N) is 1. The number of rotatable bonds is 7. The van der Waals surface area contributed by atoms with Crippen LogP contribution in [0.4, 0.5) is 10.1 Å². The van der Waals surface area contributed by atoms with E-state index in [0.717, 1.165) is 12.0 Å². The van der Waals surface area contributed by atoms with E-state index in [-0.39, 0.29) is 24.2 Å². The molecule has 1 rings (SSSR count). The van der Waals surface area contributed by atoms with Crippen LogP contribution in [0.5, 0.6) is 0 Å². The van der Waals surface area contributed by atoms with Gasteiger partial charge in [-0.25, -0.2) is 12.8 Å². The summed E-state index contributed by atoms with van der Waals surface area (Å²) in [5, 5.41) is 0. The van der Waals surface area contributed by atoms with Crippen molar-refractivity contribution in [2.75, 3.05) is 30.5 Å². The molecule has 1 atom stereocenters. The Hall–Kier alpha value is -1.14. The molecule has 0 aromatic heterocycles. The fraction of sp³-hybridized carbons (Fsp3) is 0.571. The van der Waals surface area contributed by atoms with E-state index in [2.05, 4.69) is 0 Å². The molecule has 0 aliphatic rings. The van der Waals surface area contributed by atoms with Gasteiger partial charge in [0.05, 0.1) is 11.4 Å². The molecule has 0 aliphatic heterocycles. The zero-order chi connectivity index (χ0) is 15.3. The maximum atomic E-state index is 14.0. The molecule has 0 saturated carbocycles. The lowest BCUT2D eigenvalue weighted by Crippen LogP contribution is -2.26. The minimum absolute atomic E-state index is 0.00536. The maximum absolute atomic E-state index is 14.0. The van der Waals surface area contributed by atoms with Gasteiger partial charge in [0.15, 0.2) is 0 Å². The smallest absolute Gasteiger partial charge is 0.149 e. The molecule has 1 aromatic rings. The Labute approximate surface area is 120 Å². The third-order valence-electron chi connectivity index (χ3n) is 3.24. The molecule has 0 fully saturated rings. The Morgan fingerprint density at radius 2 is 2.05 bits per heavy atom. The van der Waals surface area contributed by atoms with Crippen LogP contribution in [0.15, 0.2) is 18.2 Å². The molecule has 0 heterocycles. The summed E-state index contributed by atoms with van der Waals surface area (Å²) < 4.78 is 36.3.